The van der Waals surface area contributed by atoms with E-state index in [-0.39, 0.29) is 5.56 Å². The van der Waals surface area contributed by atoms with Gasteiger partial charge in [0.1, 0.15) is 0 Å². The summed E-state index contributed by atoms with van der Waals surface area (Å²) >= 11 is 0. The van der Waals surface area contributed by atoms with Crippen molar-refractivity contribution in [3.05, 3.63) is 64.1 Å². The first-order valence-electron chi connectivity index (χ1n) is 7.61. The Morgan fingerprint density at radius 1 is 1.23 bits per heavy atom. The number of aromatic nitrogens is 3. The quantitative estimate of drug-likeness (QED) is 0.784. The van der Waals surface area contributed by atoms with Crippen LogP contribution in [0.15, 0.2) is 47.3 Å². The number of rotatable bonds is 2. The molecule has 22 heavy (non-hydrogen) atoms. The fraction of sp³-hybridized carbons (Fsp3) is 0.222. The average molecular weight is 291 g/mol. The first-order valence-corrected chi connectivity index (χ1v) is 7.61. The van der Waals surface area contributed by atoms with E-state index in [4.69, 9.17) is 0 Å². The molecule has 0 unspecified atom stereocenters. The predicted molar refractivity (Wildman–Crippen MR) is 87.8 cm³/mol. The maximum atomic E-state index is 12.3. The first kappa shape index (κ1) is 13.1. The third-order valence-electron chi connectivity index (χ3n) is 4.17. The number of fused-ring (bicyclic) bond motifs is 1. The van der Waals surface area contributed by atoms with Gasteiger partial charge in [-0.25, -0.2) is 9.50 Å². The van der Waals surface area contributed by atoms with Crippen LogP contribution in [0, 0.1) is 6.92 Å². The van der Waals surface area contributed by atoms with Crippen molar-refractivity contribution >= 4 is 11.2 Å². The van der Waals surface area contributed by atoms with Gasteiger partial charge < -0.3 is 0 Å². The van der Waals surface area contributed by atoms with Crippen molar-refractivity contribution < 1.29 is 0 Å². The normalized spacial score (nSPS) is 14.5. The second kappa shape index (κ2) is 4.98. The van der Waals surface area contributed by atoms with E-state index in [1.54, 1.807) is 10.6 Å². The van der Waals surface area contributed by atoms with Crippen LogP contribution < -0.4 is 5.56 Å². The van der Waals surface area contributed by atoms with Gasteiger partial charge in [-0.2, -0.15) is 0 Å². The minimum absolute atomic E-state index is 0.0653. The monoisotopic (exact) mass is 291 g/mol. The Morgan fingerprint density at radius 3 is 2.77 bits per heavy atom. The van der Waals surface area contributed by atoms with E-state index in [1.165, 1.54) is 5.57 Å². The lowest BCUT2D eigenvalue weighted by Crippen LogP contribution is -2.14. The van der Waals surface area contributed by atoms with Crippen LogP contribution in [0.4, 0.5) is 0 Å². The summed E-state index contributed by atoms with van der Waals surface area (Å²) in [5.41, 5.74) is 5.83. The fourth-order valence-corrected chi connectivity index (χ4v) is 3.17. The van der Waals surface area contributed by atoms with E-state index in [0.717, 1.165) is 47.4 Å². The summed E-state index contributed by atoms with van der Waals surface area (Å²) in [6, 6.07) is 11.7. The molecule has 2 heterocycles. The number of nitrogens with zero attached hydrogens (tertiary/aromatic N) is 2. The lowest BCUT2D eigenvalue weighted by molar-refractivity contribution is 0.893. The molecule has 0 radical (unpaired) electrons. The summed E-state index contributed by atoms with van der Waals surface area (Å²) in [6.45, 7) is 1.86. The highest BCUT2D eigenvalue weighted by Crippen LogP contribution is 2.36. The highest BCUT2D eigenvalue weighted by Gasteiger charge is 2.20. The molecule has 4 rings (SSSR count). The topological polar surface area (TPSA) is 50.2 Å². The van der Waals surface area contributed by atoms with Gasteiger partial charge in [0.15, 0.2) is 5.65 Å². The molecule has 4 nitrogen and oxygen atoms in total. The van der Waals surface area contributed by atoms with Crippen LogP contribution in [0.25, 0.3) is 22.5 Å². The SMILES string of the molecule is Cc1cc(=O)n2[nH]c(-c3ccccc3)c(C3=CCCC3)c2n1. The zero-order valence-corrected chi connectivity index (χ0v) is 12.5. The predicted octanol–water partition coefficient (Wildman–Crippen LogP) is 3.57. The van der Waals surface area contributed by atoms with Crippen LogP contribution in [-0.4, -0.2) is 14.6 Å². The lowest BCUT2D eigenvalue weighted by atomic mass is 10.0. The third kappa shape index (κ3) is 1.99. The van der Waals surface area contributed by atoms with E-state index < -0.39 is 0 Å². The molecule has 1 N–H and O–H groups in total. The largest absolute Gasteiger partial charge is 0.288 e. The minimum atomic E-state index is -0.0653. The van der Waals surface area contributed by atoms with Gasteiger partial charge in [0.2, 0.25) is 0 Å². The van der Waals surface area contributed by atoms with Gasteiger partial charge in [-0.05, 0) is 31.8 Å². The van der Waals surface area contributed by atoms with Crippen LogP contribution in [-0.2, 0) is 0 Å². The van der Waals surface area contributed by atoms with Crippen LogP contribution in [0.3, 0.4) is 0 Å². The summed E-state index contributed by atoms with van der Waals surface area (Å²) in [5.74, 6) is 0. The minimum Gasteiger partial charge on any atom is -0.288 e. The zero-order chi connectivity index (χ0) is 15.1. The van der Waals surface area contributed by atoms with Crippen LogP contribution >= 0.6 is 0 Å². The molecule has 0 fully saturated rings. The zero-order valence-electron chi connectivity index (χ0n) is 12.5. The molecule has 4 heteroatoms. The van der Waals surface area contributed by atoms with Gasteiger partial charge in [0, 0.05) is 22.9 Å². The van der Waals surface area contributed by atoms with Crippen molar-refractivity contribution in [1.29, 1.82) is 0 Å². The Bertz CT molecular complexity index is 932. The van der Waals surface area contributed by atoms with Crippen molar-refractivity contribution in [1.82, 2.24) is 14.6 Å². The number of hydrogen-bond donors (Lipinski definition) is 1. The van der Waals surface area contributed by atoms with E-state index in [0.29, 0.717) is 0 Å². The number of hydrogen-bond acceptors (Lipinski definition) is 2. The van der Waals surface area contributed by atoms with Crippen molar-refractivity contribution in [2.45, 2.75) is 26.2 Å². The molecule has 3 aromatic rings. The standard InChI is InChI=1S/C18H17N3O/c1-12-11-15(22)21-18(19-12)16(13-7-5-6-8-13)17(20-21)14-9-3-2-4-10-14/h2-4,7,9-11,20H,5-6,8H2,1H3. The van der Waals surface area contributed by atoms with Gasteiger partial charge in [-0.15, -0.1) is 0 Å². The fourth-order valence-electron chi connectivity index (χ4n) is 3.17. The molecule has 0 amide bonds. The van der Waals surface area contributed by atoms with E-state index >= 15 is 0 Å². The molecule has 110 valence electrons. The summed E-state index contributed by atoms with van der Waals surface area (Å²) in [7, 11) is 0. The summed E-state index contributed by atoms with van der Waals surface area (Å²) in [5, 5.41) is 3.25. The lowest BCUT2D eigenvalue weighted by Gasteiger charge is -2.04. The molecule has 2 aromatic heterocycles. The summed E-state index contributed by atoms with van der Waals surface area (Å²) in [4.78, 5) is 16.9. The van der Waals surface area contributed by atoms with Crippen LogP contribution in [0.2, 0.25) is 0 Å². The maximum Gasteiger partial charge on any atom is 0.272 e. The molecule has 0 saturated carbocycles. The van der Waals surface area contributed by atoms with Crippen molar-refractivity contribution in [3.8, 4) is 11.3 Å². The first-order chi connectivity index (χ1) is 10.7. The number of nitrogens with one attached hydrogen (secondary N) is 1. The Balaban J connectivity index is 2.09. The summed E-state index contributed by atoms with van der Waals surface area (Å²) < 4.78 is 1.56. The van der Waals surface area contributed by atoms with Gasteiger partial charge in [-0.3, -0.25) is 9.89 Å². The molecular formula is C18H17N3O. The molecule has 0 spiro atoms. The summed E-state index contributed by atoms with van der Waals surface area (Å²) in [6.07, 6.45) is 5.56. The smallest absolute Gasteiger partial charge is 0.272 e. The van der Waals surface area contributed by atoms with Crippen LogP contribution in [0.5, 0.6) is 0 Å². The molecular weight excluding hydrogens is 274 g/mol. The van der Waals surface area contributed by atoms with Gasteiger partial charge in [0.25, 0.3) is 5.56 Å². The Morgan fingerprint density at radius 2 is 2.05 bits per heavy atom. The van der Waals surface area contributed by atoms with Crippen molar-refractivity contribution in [2.75, 3.05) is 0 Å². The average Bonchev–Trinajstić information content (AvgIpc) is 3.14. The Labute approximate surface area is 128 Å². The van der Waals surface area contributed by atoms with Crippen molar-refractivity contribution in [3.63, 3.8) is 0 Å². The molecule has 0 saturated heterocycles. The highest BCUT2D eigenvalue weighted by atomic mass is 16.1. The Hall–Kier alpha value is -2.62. The highest BCUT2D eigenvalue weighted by molar-refractivity contribution is 5.87. The number of aryl methyl sites for hydroxylation is 1. The molecule has 1 aliphatic rings. The van der Waals surface area contributed by atoms with Crippen molar-refractivity contribution in [2.24, 2.45) is 0 Å². The molecule has 0 bridgehead atoms. The van der Waals surface area contributed by atoms with Crippen LogP contribution in [0.1, 0.15) is 30.5 Å². The number of aromatic amines is 1. The Kier molecular flexibility index (Phi) is 2.96. The van der Waals surface area contributed by atoms with E-state index in [1.807, 2.05) is 25.1 Å². The van der Waals surface area contributed by atoms with E-state index in [2.05, 4.69) is 28.3 Å². The molecule has 0 atom stereocenters. The second-order valence-corrected chi connectivity index (χ2v) is 5.74. The molecule has 1 aromatic carbocycles. The van der Waals surface area contributed by atoms with Gasteiger partial charge in [0.05, 0.1) is 5.69 Å². The third-order valence-corrected chi connectivity index (χ3v) is 4.17. The van der Waals surface area contributed by atoms with Gasteiger partial charge in [-0.1, -0.05) is 36.4 Å². The number of H-pyrrole nitrogens is 1. The molecule has 0 aliphatic heterocycles. The number of allylic oxidation sites excluding steroid dienone is 2. The number of benzene rings is 1. The maximum absolute atomic E-state index is 12.3. The van der Waals surface area contributed by atoms with Gasteiger partial charge >= 0.3 is 0 Å². The van der Waals surface area contributed by atoms with E-state index in [9.17, 15) is 4.79 Å². The molecule has 1 aliphatic carbocycles. The second-order valence-electron chi connectivity index (χ2n) is 5.74.